The Morgan fingerprint density at radius 3 is 1.19 bits per heavy atom. The molecule has 2 unspecified atom stereocenters. The summed E-state index contributed by atoms with van der Waals surface area (Å²) in [6, 6.07) is 16.1. The Balaban J connectivity index is 0.00000177. The number of benzene rings is 2. The van der Waals surface area contributed by atoms with Crippen LogP contribution in [-0.4, -0.2) is 35.6 Å². The first-order valence-electron chi connectivity index (χ1n) is 12.1. The number of rotatable bonds is 10. The van der Waals surface area contributed by atoms with Gasteiger partial charge in [-0.3, -0.25) is 0 Å². The first-order valence-corrected chi connectivity index (χ1v) is 12.1. The minimum atomic E-state index is -0.430. The SMILES string of the molecule is CC.CCC.CCC(O)COc1ccc(C(C)(C)c2ccc(OCC(O)CC)cc2)cc1. The molecule has 0 radical (unpaired) electrons. The van der Waals surface area contributed by atoms with E-state index in [-0.39, 0.29) is 5.41 Å². The molecule has 4 nitrogen and oxygen atoms in total. The second kappa shape index (κ2) is 16.6. The molecule has 0 saturated carbocycles. The first-order chi connectivity index (χ1) is 15.3. The average Bonchev–Trinajstić information content (AvgIpc) is 2.83. The van der Waals surface area contributed by atoms with Gasteiger partial charge in [-0.25, -0.2) is 0 Å². The minimum Gasteiger partial charge on any atom is -0.491 e. The molecule has 2 atom stereocenters. The second-order valence-electron chi connectivity index (χ2n) is 8.13. The molecule has 2 rings (SSSR count). The van der Waals surface area contributed by atoms with Crippen LogP contribution in [0.4, 0.5) is 0 Å². The monoisotopic (exact) mass is 446 g/mol. The van der Waals surface area contributed by atoms with E-state index in [1.54, 1.807) is 0 Å². The van der Waals surface area contributed by atoms with Crippen molar-refractivity contribution in [3.63, 3.8) is 0 Å². The van der Waals surface area contributed by atoms with Crippen molar-refractivity contribution in [2.24, 2.45) is 0 Å². The summed E-state index contributed by atoms with van der Waals surface area (Å²) < 4.78 is 11.2. The minimum absolute atomic E-state index is 0.164. The molecule has 0 bridgehead atoms. The Labute approximate surface area is 196 Å². The third kappa shape index (κ3) is 10.5. The summed E-state index contributed by atoms with van der Waals surface area (Å²) in [6.07, 6.45) is 1.75. The van der Waals surface area contributed by atoms with Crippen LogP contribution in [0.3, 0.4) is 0 Å². The van der Waals surface area contributed by atoms with Crippen LogP contribution in [0.15, 0.2) is 48.5 Å². The highest BCUT2D eigenvalue weighted by molar-refractivity contribution is 5.41. The molecule has 4 heteroatoms. The summed E-state index contributed by atoms with van der Waals surface area (Å²) in [5.74, 6) is 1.53. The van der Waals surface area contributed by atoms with E-state index in [1.807, 2.05) is 52.0 Å². The summed E-state index contributed by atoms with van der Waals surface area (Å²) in [5, 5.41) is 19.2. The van der Waals surface area contributed by atoms with E-state index in [0.717, 1.165) is 11.5 Å². The lowest BCUT2D eigenvalue weighted by Gasteiger charge is -2.26. The number of ether oxygens (including phenoxy) is 2. The Hall–Kier alpha value is -2.04. The predicted molar refractivity (Wildman–Crippen MR) is 136 cm³/mol. The zero-order valence-corrected chi connectivity index (χ0v) is 21.5. The van der Waals surface area contributed by atoms with Gasteiger partial charge in [0.1, 0.15) is 24.7 Å². The molecule has 2 N–H and O–H groups in total. The standard InChI is InChI=1S/C23H32O4.C3H8.C2H6/c1-5-19(24)15-26-21-11-7-17(8-12-21)23(3,4)18-9-13-22(14-10-18)27-16-20(25)6-2;1-3-2;1-2/h7-14,19-20,24-25H,5-6,15-16H2,1-4H3;3H2,1-2H3;1-2H3. The maximum atomic E-state index is 9.61. The summed E-state index contributed by atoms with van der Waals surface area (Å²) in [4.78, 5) is 0. The number of hydrogen-bond donors (Lipinski definition) is 2. The van der Waals surface area contributed by atoms with E-state index in [9.17, 15) is 10.2 Å². The van der Waals surface area contributed by atoms with Gasteiger partial charge in [0.2, 0.25) is 0 Å². The number of aliphatic hydroxyl groups excluding tert-OH is 2. The second-order valence-corrected chi connectivity index (χ2v) is 8.13. The topological polar surface area (TPSA) is 58.9 Å². The van der Waals surface area contributed by atoms with E-state index >= 15 is 0 Å². The zero-order valence-electron chi connectivity index (χ0n) is 21.5. The van der Waals surface area contributed by atoms with Crippen molar-refractivity contribution in [3.8, 4) is 11.5 Å². The van der Waals surface area contributed by atoms with Gasteiger partial charge in [0, 0.05) is 5.41 Å². The van der Waals surface area contributed by atoms with Gasteiger partial charge in [-0.05, 0) is 48.2 Å². The van der Waals surface area contributed by atoms with Crippen molar-refractivity contribution in [1.82, 2.24) is 0 Å². The van der Waals surface area contributed by atoms with Gasteiger partial charge < -0.3 is 19.7 Å². The molecule has 2 aromatic carbocycles. The molecule has 0 spiro atoms. The van der Waals surface area contributed by atoms with Crippen LogP contribution in [0.1, 0.15) is 85.8 Å². The molecular formula is C28H46O4. The third-order valence-electron chi connectivity index (χ3n) is 4.98. The Bertz CT molecular complexity index is 633. The number of hydrogen-bond acceptors (Lipinski definition) is 4. The van der Waals surface area contributed by atoms with Gasteiger partial charge in [-0.15, -0.1) is 0 Å². The van der Waals surface area contributed by atoms with Gasteiger partial charge in [0.05, 0.1) is 12.2 Å². The highest BCUT2D eigenvalue weighted by Gasteiger charge is 2.23. The van der Waals surface area contributed by atoms with Crippen molar-refractivity contribution in [1.29, 1.82) is 0 Å². The maximum absolute atomic E-state index is 9.61. The van der Waals surface area contributed by atoms with Gasteiger partial charge in [-0.1, -0.05) is 86.1 Å². The molecule has 0 aromatic heterocycles. The average molecular weight is 447 g/mol. The summed E-state index contributed by atoms with van der Waals surface area (Å²) in [7, 11) is 0. The largest absolute Gasteiger partial charge is 0.491 e. The van der Waals surface area contributed by atoms with Crippen molar-refractivity contribution in [2.75, 3.05) is 13.2 Å². The molecule has 0 aliphatic carbocycles. The molecular weight excluding hydrogens is 400 g/mol. The van der Waals surface area contributed by atoms with Gasteiger partial charge in [0.15, 0.2) is 0 Å². The maximum Gasteiger partial charge on any atom is 0.119 e. The molecule has 0 aliphatic rings. The smallest absolute Gasteiger partial charge is 0.119 e. The molecule has 182 valence electrons. The third-order valence-corrected chi connectivity index (χ3v) is 4.98. The fourth-order valence-electron chi connectivity index (χ4n) is 2.72. The fourth-order valence-corrected chi connectivity index (χ4v) is 2.72. The molecule has 0 amide bonds. The van der Waals surface area contributed by atoms with Crippen LogP contribution < -0.4 is 9.47 Å². The van der Waals surface area contributed by atoms with Crippen LogP contribution in [-0.2, 0) is 5.41 Å². The van der Waals surface area contributed by atoms with Crippen LogP contribution >= 0.6 is 0 Å². The summed E-state index contributed by atoms with van der Waals surface area (Å²) in [6.45, 7) is 17.1. The summed E-state index contributed by atoms with van der Waals surface area (Å²) >= 11 is 0. The van der Waals surface area contributed by atoms with Crippen LogP contribution in [0, 0.1) is 0 Å². The quantitative estimate of drug-likeness (QED) is 0.423. The highest BCUT2D eigenvalue weighted by atomic mass is 16.5. The van der Waals surface area contributed by atoms with Crippen molar-refractivity contribution < 1.29 is 19.7 Å². The molecule has 2 aromatic rings. The molecule has 0 heterocycles. The van der Waals surface area contributed by atoms with E-state index < -0.39 is 12.2 Å². The normalized spacial score (nSPS) is 12.4. The summed E-state index contributed by atoms with van der Waals surface area (Å²) in [5.41, 5.74) is 2.20. The van der Waals surface area contributed by atoms with Gasteiger partial charge in [0.25, 0.3) is 0 Å². The molecule has 32 heavy (non-hydrogen) atoms. The van der Waals surface area contributed by atoms with E-state index in [4.69, 9.17) is 9.47 Å². The van der Waals surface area contributed by atoms with Crippen LogP contribution in [0.25, 0.3) is 0 Å². The van der Waals surface area contributed by atoms with E-state index in [2.05, 4.69) is 52.0 Å². The predicted octanol–water partition coefficient (Wildman–Crippen LogP) is 6.75. The zero-order chi connectivity index (χ0) is 24.6. The fraction of sp³-hybridized carbons (Fsp3) is 0.571. The van der Waals surface area contributed by atoms with Gasteiger partial charge in [-0.2, -0.15) is 0 Å². The Kier molecular flexibility index (Phi) is 15.5. The van der Waals surface area contributed by atoms with Crippen molar-refractivity contribution in [3.05, 3.63) is 59.7 Å². The first kappa shape index (κ1) is 30.0. The van der Waals surface area contributed by atoms with Crippen molar-refractivity contribution in [2.45, 2.75) is 92.3 Å². The highest BCUT2D eigenvalue weighted by Crippen LogP contribution is 2.33. The lowest BCUT2D eigenvalue weighted by molar-refractivity contribution is 0.104. The van der Waals surface area contributed by atoms with Crippen LogP contribution in [0.5, 0.6) is 11.5 Å². The van der Waals surface area contributed by atoms with Crippen LogP contribution in [0.2, 0.25) is 0 Å². The van der Waals surface area contributed by atoms with E-state index in [1.165, 1.54) is 17.5 Å². The van der Waals surface area contributed by atoms with E-state index in [0.29, 0.717) is 26.1 Å². The van der Waals surface area contributed by atoms with Gasteiger partial charge >= 0.3 is 0 Å². The molecule has 0 fully saturated rings. The lowest BCUT2D eigenvalue weighted by Crippen LogP contribution is -2.19. The Morgan fingerprint density at radius 1 is 0.656 bits per heavy atom. The lowest BCUT2D eigenvalue weighted by atomic mass is 9.78. The number of aliphatic hydroxyl groups is 2. The Morgan fingerprint density at radius 2 is 0.938 bits per heavy atom. The van der Waals surface area contributed by atoms with Crippen molar-refractivity contribution >= 4 is 0 Å². The molecule has 0 aliphatic heterocycles. The molecule has 0 saturated heterocycles.